The Morgan fingerprint density at radius 2 is 2.06 bits per heavy atom. The fourth-order valence-electron chi connectivity index (χ4n) is 4.56. The van der Waals surface area contributed by atoms with Crippen molar-refractivity contribution in [2.24, 2.45) is 0 Å². The molecule has 0 saturated heterocycles. The van der Waals surface area contributed by atoms with Gasteiger partial charge in [0.15, 0.2) is 0 Å². The molecule has 2 aliphatic heterocycles. The zero-order valence-electron chi connectivity index (χ0n) is 18.7. The second kappa shape index (κ2) is 7.81. The van der Waals surface area contributed by atoms with Crippen LogP contribution in [0.3, 0.4) is 0 Å². The Bertz CT molecular complexity index is 1250. The summed E-state index contributed by atoms with van der Waals surface area (Å²) in [6, 6.07) is 8.24. The molecule has 0 bridgehead atoms. The number of carbonyl (C=O) groups is 1. The number of hydrogen-bond acceptors (Lipinski definition) is 5. The minimum atomic E-state index is -1.16. The molecule has 7 nitrogen and oxygen atoms in total. The number of aromatic nitrogens is 2. The van der Waals surface area contributed by atoms with Gasteiger partial charge in [0.2, 0.25) is 0 Å². The van der Waals surface area contributed by atoms with E-state index in [0.29, 0.717) is 29.2 Å². The van der Waals surface area contributed by atoms with E-state index in [1.807, 2.05) is 19.1 Å². The summed E-state index contributed by atoms with van der Waals surface area (Å²) in [6.07, 6.45) is 3.99. The minimum absolute atomic E-state index is 0.256. The number of pyridine rings is 2. The molecule has 5 rings (SSSR count). The lowest BCUT2D eigenvalue weighted by Gasteiger charge is -2.34. The van der Waals surface area contributed by atoms with Crippen LogP contribution in [0.4, 0.5) is 20.6 Å². The van der Waals surface area contributed by atoms with E-state index in [1.54, 1.807) is 43.3 Å². The first kappa shape index (κ1) is 21.3. The van der Waals surface area contributed by atoms with Gasteiger partial charge in [-0.3, -0.25) is 14.9 Å². The van der Waals surface area contributed by atoms with E-state index in [2.05, 4.69) is 15.3 Å². The number of fused-ring (bicyclic) bond motifs is 2. The number of urea groups is 1. The Morgan fingerprint density at radius 1 is 1.24 bits per heavy atom. The molecule has 0 radical (unpaired) electrons. The van der Waals surface area contributed by atoms with E-state index < -0.39 is 17.5 Å². The maximum absolute atomic E-state index is 14.3. The smallest absolute Gasteiger partial charge is 0.326 e. The lowest BCUT2D eigenvalue weighted by atomic mass is 9.95. The van der Waals surface area contributed by atoms with E-state index in [9.17, 15) is 14.3 Å². The first-order valence-corrected chi connectivity index (χ1v) is 10.9. The zero-order valence-corrected chi connectivity index (χ0v) is 18.7. The molecule has 0 spiro atoms. The Labute approximate surface area is 191 Å². The van der Waals surface area contributed by atoms with Crippen molar-refractivity contribution in [1.82, 2.24) is 9.97 Å². The summed E-state index contributed by atoms with van der Waals surface area (Å²) in [5, 5.41) is 13.5. The Balaban J connectivity index is 1.51. The summed E-state index contributed by atoms with van der Waals surface area (Å²) in [7, 11) is 0. The predicted octanol–water partition coefficient (Wildman–Crippen LogP) is 4.77. The third-order valence-corrected chi connectivity index (χ3v) is 6.15. The van der Waals surface area contributed by atoms with Crippen LogP contribution in [0.15, 0.2) is 42.7 Å². The van der Waals surface area contributed by atoms with Crippen LogP contribution >= 0.6 is 0 Å². The number of hydrogen-bond donors (Lipinski definition) is 2. The monoisotopic (exact) mass is 448 g/mol. The fraction of sp³-hybridized carbons (Fsp3) is 0.320. The van der Waals surface area contributed by atoms with E-state index >= 15 is 0 Å². The zero-order chi connectivity index (χ0) is 23.3. The molecule has 4 heterocycles. The quantitative estimate of drug-likeness (QED) is 0.603. The van der Waals surface area contributed by atoms with Gasteiger partial charge in [-0.1, -0.05) is 6.07 Å². The lowest BCUT2D eigenvalue weighted by Crippen LogP contribution is -2.40. The Hall–Kier alpha value is -3.52. The molecule has 2 N–H and O–H groups in total. The predicted molar refractivity (Wildman–Crippen MR) is 122 cm³/mol. The van der Waals surface area contributed by atoms with Crippen LogP contribution in [0.2, 0.25) is 0 Å². The SMILES string of the molecule is Cc1cc2c(cc1N1Cc3c(ccnc3C(C)(C)O)NC1=O)OC(c1ncccc1F)CC2. The number of ether oxygens (including phenoxy) is 1. The summed E-state index contributed by atoms with van der Waals surface area (Å²) in [6.45, 7) is 5.55. The second-order valence-electron chi connectivity index (χ2n) is 9.02. The maximum Gasteiger partial charge on any atom is 0.326 e. The number of anilines is 2. The van der Waals surface area contributed by atoms with Gasteiger partial charge in [0.05, 0.1) is 23.6 Å². The van der Waals surface area contributed by atoms with Gasteiger partial charge in [0.25, 0.3) is 0 Å². The van der Waals surface area contributed by atoms with Crippen molar-refractivity contribution in [1.29, 1.82) is 0 Å². The van der Waals surface area contributed by atoms with Crippen LogP contribution in [-0.2, 0) is 18.6 Å². The lowest BCUT2D eigenvalue weighted by molar-refractivity contribution is 0.0728. The number of aliphatic hydroxyl groups is 1. The molecule has 3 aromatic rings. The van der Waals surface area contributed by atoms with Crippen molar-refractivity contribution in [3.63, 3.8) is 0 Å². The minimum Gasteiger partial charge on any atom is -0.484 e. The van der Waals surface area contributed by atoms with Crippen LogP contribution < -0.4 is 15.0 Å². The number of nitrogens with zero attached hydrogens (tertiary/aromatic N) is 3. The van der Waals surface area contributed by atoms with Crippen LogP contribution in [-0.4, -0.2) is 21.1 Å². The third kappa shape index (κ3) is 3.80. The number of amides is 2. The highest BCUT2D eigenvalue weighted by atomic mass is 19.1. The van der Waals surface area contributed by atoms with E-state index in [4.69, 9.17) is 4.74 Å². The molecule has 2 amide bonds. The van der Waals surface area contributed by atoms with Crippen LogP contribution in [0.5, 0.6) is 5.75 Å². The van der Waals surface area contributed by atoms with Crippen molar-refractivity contribution in [2.75, 3.05) is 10.2 Å². The normalized spacial score (nSPS) is 17.7. The molecule has 1 atom stereocenters. The molecule has 2 aliphatic rings. The van der Waals surface area contributed by atoms with Crippen LogP contribution in [0.1, 0.15) is 54.5 Å². The van der Waals surface area contributed by atoms with Gasteiger partial charge < -0.3 is 15.2 Å². The number of rotatable bonds is 3. The highest BCUT2D eigenvalue weighted by Crippen LogP contribution is 2.41. The van der Waals surface area contributed by atoms with Crippen LogP contribution in [0, 0.1) is 12.7 Å². The molecule has 0 saturated carbocycles. The molecule has 1 unspecified atom stereocenters. The summed E-state index contributed by atoms with van der Waals surface area (Å²) >= 11 is 0. The Morgan fingerprint density at radius 3 is 2.82 bits per heavy atom. The fourth-order valence-corrected chi connectivity index (χ4v) is 4.56. The maximum atomic E-state index is 14.3. The van der Waals surface area contributed by atoms with E-state index in [-0.39, 0.29) is 18.3 Å². The van der Waals surface area contributed by atoms with Crippen molar-refractivity contribution < 1.29 is 19.0 Å². The number of benzene rings is 1. The molecule has 2 aromatic heterocycles. The third-order valence-electron chi connectivity index (χ3n) is 6.15. The van der Waals surface area contributed by atoms with Gasteiger partial charge in [-0.05, 0) is 62.9 Å². The van der Waals surface area contributed by atoms with Gasteiger partial charge >= 0.3 is 6.03 Å². The highest BCUT2D eigenvalue weighted by Gasteiger charge is 2.33. The molecule has 33 heavy (non-hydrogen) atoms. The molecular formula is C25H25FN4O3. The molecule has 0 aliphatic carbocycles. The second-order valence-corrected chi connectivity index (χ2v) is 9.02. The first-order chi connectivity index (χ1) is 15.7. The summed E-state index contributed by atoms with van der Waals surface area (Å²) < 4.78 is 20.4. The summed E-state index contributed by atoms with van der Waals surface area (Å²) in [5.41, 5.74) is 3.67. The standard InChI is InChI=1S/C25H25FN4O3/c1-14-11-15-6-7-20(22-17(26)5-4-9-27-22)33-21(15)12-19(14)30-13-16-18(29-24(30)31)8-10-28-23(16)25(2,3)32/h4-5,8-12,20,32H,6-7,13H2,1-3H3,(H,29,31). The Kier molecular flexibility index (Phi) is 5.05. The average molecular weight is 448 g/mol. The van der Waals surface area contributed by atoms with Crippen LogP contribution in [0.25, 0.3) is 0 Å². The van der Waals surface area contributed by atoms with E-state index in [0.717, 1.165) is 23.1 Å². The molecular weight excluding hydrogens is 423 g/mol. The van der Waals surface area contributed by atoms with Crippen molar-refractivity contribution in [3.05, 3.63) is 76.6 Å². The molecule has 8 heteroatoms. The van der Waals surface area contributed by atoms with E-state index in [1.165, 1.54) is 6.07 Å². The largest absolute Gasteiger partial charge is 0.484 e. The van der Waals surface area contributed by atoms with Gasteiger partial charge in [-0.15, -0.1) is 0 Å². The van der Waals surface area contributed by atoms with Gasteiger partial charge in [-0.25, -0.2) is 9.18 Å². The van der Waals surface area contributed by atoms with Crippen molar-refractivity contribution >= 4 is 17.4 Å². The van der Waals surface area contributed by atoms with Gasteiger partial charge in [0, 0.05) is 24.0 Å². The number of nitrogens with one attached hydrogen (secondary N) is 1. The van der Waals surface area contributed by atoms with Gasteiger partial charge in [-0.2, -0.15) is 0 Å². The molecule has 1 aromatic carbocycles. The highest BCUT2D eigenvalue weighted by molar-refractivity contribution is 6.05. The van der Waals surface area contributed by atoms with Gasteiger partial charge in [0.1, 0.15) is 29.0 Å². The number of carbonyl (C=O) groups excluding carboxylic acids is 1. The number of aryl methyl sites for hydroxylation is 2. The first-order valence-electron chi connectivity index (χ1n) is 10.9. The number of halogens is 1. The summed E-state index contributed by atoms with van der Waals surface area (Å²) in [5.74, 6) is 0.223. The molecule has 0 fully saturated rings. The molecule has 170 valence electrons. The van der Waals surface area contributed by atoms with Crippen molar-refractivity contribution in [2.45, 2.75) is 51.9 Å². The summed E-state index contributed by atoms with van der Waals surface area (Å²) in [4.78, 5) is 23.2. The van der Waals surface area contributed by atoms with Crippen molar-refractivity contribution in [3.8, 4) is 5.75 Å². The average Bonchev–Trinajstić information content (AvgIpc) is 2.77. The topological polar surface area (TPSA) is 87.6 Å².